The molecule has 2 aromatic rings. The number of aryl methyl sites for hydroxylation is 1. The standard InChI is InChI=1S/C14H10ClNO4/c1-9-4-2-7-12(13(9)16(18)19)20-14-10(8-17)5-3-6-11(14)15/h2-8H,1H3. The summed E-state index contributed by atoms with van der Waals surface area (Å²) in [6.45, 7) is 1.61. The summed E-state index contributed by atoms with van der Waals surface area (Å²) in [6.07, 6.45) is 0.586. The largest absolute Gasteiger partial charge is 0.448 e. The van der Waals surface area contributed by atoms with Crippen LogP contribution in [-0.2, 0) is 0 Å². The zero-order chi connectivity index (χ0) is 14.7. The Morgan fingerprint density at radius 1 is 1.25 bits per heavy atom. The van der Waals surface area contributed by atoms with Crippen molar-refractivity contribution in [2.24, 2.45) is 0 Å². The summed E-state index contributed by atoms with van der Waals surface area (Å²) in [5, 5.41) is 11.3. The van der Waals surface area contributed by atoms with Gasteiger partial charge in [0.05, 0.1) is 15.5 Å². The number of aldehydes is 1. The van der Waals surface area contributed by atoms with E-state index in [4.69, 9.17) is 16.3 Å². The third kappa shape index (κ3) is 2.62. The molecule has 0 saturated heterocycles. The minimum Gasteiger partial charge on any atom is -0.448 e. The van der Waals surface area contributed by atoms with Crippen molar-refractivity contribution < 1.29 is 14.5 Å². The molecule has 2 aromatic carbocycles. The van der Waals surface area contributed by atoms with Gasteiger partial charge in [0.25, 0.3) is 0 Å². The van der Waals surface area contributed by atoms with Gasteiger partial charge in [0, 0.05) is 5.56 Å². The first kappa shape index (κ1) is 14.0. The number of nitro groups is 1. The van der Waals surface area contributed by atoms with Crippen LogP contribution in [0.5, 0.6) is 11.5 Å². The Labute approximate surface area is 119 Å². The molecule has 0 unspecified atom stereocenters. The lowest BCUT2D eigenvalue weighted by molar-refractivity contribution is -0.386. The van der Waals surface area contributed by atoms with Gasteiger partial charge in [-0.1, -0.05) is 29.8 Å². The minimum atomic E-state index is -0.526. The van der Waals surface area contributed by atoms with Crippen molar-refractivity contribution in [3.63, 3.8) is 0 Å². The first-order chi connectivity index (χ1) is 9.54. The van der Waals surface area contributed by atoms with Gasteiger partial charge in [0.15, 0.2) is 12.0 Å². The van der Waals surface area contributed by atoms with E-state index in [-0.39, 0.29) is 27.8 Å². The van der Waals surface area contributed by atoms with E-state index in [1.165, 1.54) is 12.1 Å². The fourth-order valence-corrected chi connectivity index (χ4v) is 2.00. The van der Waals surface area contributed by atoms with Crippen molar-refractivity contribution in [2.45, 2.75) is 6.92 Å². The number of hydrogen-bond acceptors (Lipinski definition) is 4. The number of carbonyl (C=O) groups is 1. The third-order valence-corrected chi connectivity index (χ3v) is 3.02. The Hall–Kier alpha value is -2.40. The molecule has 102 valence electrons. The monoisotopic (exact) mass is 291 g/mol. The summed E-state index contributed by atoms with van der Waals surface area (Å²) in [4.78, 5) is 21.6. The molecule has 0 bridgehead atoms. The molecule has 5 nitrogen and oxygen atoms in total. The fourth-order valence-electron chi connectivity index (χ4n) is 1.78. The molecule has 0 radical (unpaired) electrons. The Balaban J connectivity index is 2.54. The van der Waals surface area contributed by atoms with Crippen LogP contribution in [0.3, 0.4) is 0 Å². The average molecular weight is 292 g/mol. The van der Waals surface area contributed by atoms with E-state index in [0.29, 0.717) is 11.8 Å². The van der Waals surface area contributed by atoms with Gasteiger partial charge in [-0.15, -0.1) is 0 Å². The predicted octanol–water partition coefficient (Wildman–Crippen LogP) is 4.16. The number of para-hydroxylation sites is 2. The summed E-state index contributed by atoms with van der Waals surface area (Å²) >= 11 is 5.98. The zero-order valence-corrected chi connectivity index (χ0v) is 11.3. The van der Waals surface area contributed by atoms with Crippen molar-refractivity contribution in [3.8, 4) is 11.5 Å². The average Bonchev–Trinajstić information content (AvgIpc) is 2.40. The maximum atomic E-state index is 11.1. The van der Waals surface area contributed by atoms with E-state index >= 15 is 0 Å². The van der Waals surface area contributed by atoms with Gasteiger partial charge in [0.1, 0.15) is 0 Å². The van der Waals surface area contributed by atoms with Gasteiger partial charge in [-0.3, -0.25) is 14.9 Å². The van der Waals surface area contributed by atoms with Gasteiger partial charge in [-0.2, -0.15) is 0 Å². The molecular weight excluding hydrogens is 282 g/mol. The molecule has 0 atom stereocenters. The van der Waals surface area contributed by atoms with Gasteiger partial charge in [-0.05, 0) is 25.1 Å². The first-order valence-electron chi connectivity index (χ1n) is 5.70. The lowest BCUT2D eigenvalue weighted by atomic mass is 10.2. The molecule has 0 spiro atoms. The van der Waals surface area contributed by atoms with E-state index in [2.05, 4.69) is 0 Å². The van der Waals surface area contributed by atoms with E-state index in [0.717, 1.165) is 0 Å². The number of rotatable bonds is 4. The summed E-state index contributed by atoms with van der Waals surface area (Å²) in [5.74, 6) is 0.157. The van der Waals surface area contributed by atoms with Crippen LogP contribution in [0, 0.1) is 17.0 Å². The summed E-state index contributed by atoms with van der Waals surface area (Å²) < 4.78 is 5.50. The third-order valence-electron chi connectivity index (χ3n) is 2.72. The Kier molecular flexibility index (Phi) is 4.00. The highest BCUT2D eigenvalue weighted by atomic mass is 35.5. The molecule has 6 heteroatoms. The van der Waals surface area contributed by atoms with Gasteiger partial charge in [-0.25, -0.2) is 0 Å². The molecule has 2 rings (SSSR count). The second-order valence-electron chi connectivity index (χ2n) is 4.06. The Bertz CT molecular complexity index is 685. The highest BCUT2D eigenvalue weighted by molar-refractivity contribution is 6.32. The molecule has 0 amide bonds. The number of halogens is 1. The Morgan fingerprint density at radius 2 is 1.95 bits per heavy atom. The topological polar surface area (TPSA) is 69.4 Å². The van der Waals surface area contributed by atoms with Crippen LogP contribution < -0.4 is 4.74 Å². The van der Waals surface area contributed by atoms with E-state index < -0.39 is 4.92 Å². The van der Waals surface area contributed by atoms with Gasteiger partial charge < -0.3 is 4.74 Å². The highest BCUT2D eigenvalue weighted by Gasteiger charge is 2.20. The van der Waals surface area contributed by atoms with E-state index in [1.807, 2.05) is 0 Å². The van der Waals surface area contributed by atoms with Gasteiger partial charge >= 0.3 is 5.69 Å². The van der Waals surface area contributed by atoms with Crippen LogP contribution in [-0.4, -0.2) is 11.2 Å². The number of nitro benzene ring substituents is 1. The molecule has 20 heavy (non-hydrogen) atoms. The smallest absolute Gasteiger partial charge is 0.314 e. The molecule has 0 saturated carbocycles. The lowest BCUT2D eigenvalue weighted by Crippen LogP contribution is -1.98. The SMILES string of the molecule is Cc1cccc(Oc2c(Cl)cccc2C=O)c1[N+](=O)[O-]. The number of ether oxygens (including phenoxy) is 1. The van der Waals surface area contributed by atoms with Gasteiger partial charge in [0.2, 0.25) is 5.75 Å². The van der Waals surface area contributed by atoms with Crippen LogP contribution in [0.2, 0.25) is 5.02 Å². The molecule has 0 aliphatic rings. The van der Waals surface area contributed by atoms with Crippen LogP contribution in [0.4, 0.5) is 5.69 Å². The number of hydrogen-bond donors (Lipinski definition) is 0. The number of benzene rings is 2. The Morgan fingerprint density at radius 3 is 2.60 bits per heavy atom. The second kappa shape index (κ2) is 5.71. The summed E-state index contributed by atoms with van der Waals surface area (Å²) in [6, 6.07) is 9.38. The van der Waals surface area contributed by atoms with Crippen LogP contribution in [0.15, 0.2) is 36.4 Å². The van der Waals surface area contributed by atoms with Crippen molar-refractivity contribution >= 4 is 23.6 Å². The lowest BCUT2D eigenvalue weighted by Gasteiger charge is -2.10. The van der Waals surface area contributed by atoms with Crippen molar-refractivity contribution in [1.82, 2.24) is 0 Å². The maximum Gasteiger partial charge on any atom is 0.314 e. The molecule has 0 aliphatic carbocycles. The summed E-state index contributed by atoms with van der Waals surface area (Å²) in [5.41, 5.74) is 0.546. The first-order valence-corrected chi connectivity index (χ1v) is 6.08. The molecule has 0 fully saturated rings. The zero-order valence-electron chi connectivity index (χ0n) is 10.5. The predicted molar refractivity (Wildman–Crippen MR) is 74.7 cm³/mol. The molecule has 0 heterocycles. The quantitative estimate of drug-likeness (QED) is 0.482. The van der Waals surface area contributed by atoms with Crippen molar-refractivity contribution in [3.05, 3.63) is 62.7 Å². The molecular formula is C14H10ClNO4. The van der Waals surface area contributed by atoms with Crippen LogP contribution >= 0.6 is 11.6 Å². The minimum absolute atomic E-state index is 0.0474. The second-order valence-corrected chi connectivity index (χ2v) is 4.46. The van der Waals surface area contributed by atoms with E-state index in [9.17, 15) is 14.9 Å². The van der Waals surface area contributed by atoms with Crippen molar-refractivity contribution in [1.29, 1.82) is 0 Å². The normalized spacial score (nSPS) is 10.1. The maximum absolute atomic E-state index is 11.1. The molecule has 0 N–H and O–H groups in total. The highest BCUT2D eigenvalue weighted by Crippen LogP contribution is 2.37. The molecule has 0 aromatic heterocycles. The number of nitrogens with zero attached hydrogens (tertiary/aromatic N) is 1. The van der Waals surface area contributed by atoms with E-state index in [1.54, 1.807) is 31.2 Å². The number of carbonyl (C=O) groups excluding carboxylic acids is 1. The van der Waals surface area contributed by atoms with Crippen molar-refractivity contribution in [2.75, 3.05) is 0 Å². The molecule has 0 aliphatic heterocycles. The van der Waals surface area contributed by atoms with Crippen LogP contribution in [0.1, 0.15) is 15.9 Å². The fraction of sp³-hybridized carbons (Fsp3) is 0.0714. The summed E-state index contributed by atoms with van der Waals surface area (Å²) in [7, 11) is 0. The van der Waals surface area contributed by atoms with Crippen LogP contribution in [0.25, 0.3) is 0 Å².